The summed E-state index contributed by atoms with van der Waals surface area (Å²) in [4.78, 5) is 0. The van der Waals surface area contributed by atoms with E-state index in [1.54, 1.807) is 0 Å². The number of hydrogen-bond acceptors (Lipinski definition) is 5. The van der Waals surface area contributed by atoms with Crippen molar-refractivity contribution in [3.8, 4) is 28.7 Å². The molecule has 0 unspecified atom stereocenters. The molecule has 0 amide bonds. The molecule has 0 radical (unpaired) electrons. The van der Waals surface area contributed by atoms with E-state index < -0.39 is 0 Å². The predicted molar refractivity (Wildman–Crippen MR) is 414 cm³/mol. The van der Waals surface area contributed by atoms with Crippen molar-refractivity contribution in [1.82, 2.24) is 0 Å². The zero-order valence-electron chi connectivity index (χ0n) is 67.9. The Hall–Kier alpha value is -6.55. The zero-order valence-corrected chi connectivity index (χ0v) is 67.9. The van der Waals surface area contributed by atoms with E-state index >= 15 is 0 Å². The first-order chi connectivity index (χ1) is 44.0. The Labute approximate surface area is 591 Å². The van der Waals surface area contributed by atoms with Gasteiger partial charge in [-0.05, 0) is 82.0 Å². The standard InChI is InChI=1S/C19H30NO.C18H28NO.2C17H26NO.C16H24NO/c1-13(2)11-20-12-21-17-15(19(6,7)8)9-14(10-16(17)20)18(3,4)5;1-8-9-19-12-20-16-14(18(5,6)7)10-13(11-15(16)19)17(2,3)4;2*1-8-18-11-19-15-13(17(5,6)7)9-12(10-14(15)18)16(2,3)4;1-15(2,3)11-8-12(16(4,5)6)14-13(9-11)17(7)10-18-14/h9-11,13H,12H2,1-8H3;9-11H,8,12H2,1-7H3;2*8-10H,11H2,1-7H3;8-9H,7,10H2,1-6H3/q5*+1/b20-11-;19-9-;2*18-8-;. The van der Waals surface area contributed by atoms with Crippen molar-refractivity contribution in [2.45, 2.75) is 303 Å². The van der Waals surface area contributed by atoms with Gasteiger partial charge in [-0.1, -0.05) is 259 Å². The lowest BCUT2D eigenvalue weighted by molar-refractivity contribution is -0.455. The minimum atomic E-state index is 0.0799. The molecule has 10 rings (SSSR count). The lowest BCUT2D eigenvalue weighted by Crippen LogP contribution is -2.17. The minimum Gasteiger partial charge on any atom is -0.429 e. The highest BCUT2D eigenvalue weighted by Crippen LogP contribution is 2.50. The monoisotopic (exact) mass is 1330 g/mol. The van der Waals surface area contributed by atoms with Gasteiger partial charge in [0.15, 0.2) is 6.21 Å². The Morgan fingerprint density at radius 3 is 0.773 bits per heavy atom. The number of ether oxygens (including phenoxy) is 5. The van der Waals surface area contributed by atoms with Crippen LogP contribution < -0.4 is 23.7 Å². The summed E-state index contributed by atoms with van der Waals surface area (Å²) in [6, 6.07) is 22.9. The summed E-state index contributed by atoms with van der Waals surface area (Å²) in [5.41, 5.74) is 20.5. The maximum Gasteiger partial charge on any atom is 0.292 e. The van der Waals surface area contributed by atoms with Gasteiger partial charge in [-0.2, -0.15) is 22.9 Å². The van der Waals surface area contributed by atoms with E-state index in [2.05, 4.69) is 353 Å². The normalized spacial score (nSPS) is 17.1. The Kier molecular flexibility index (Phi) is 23.4. The van der Waals surface area contributed by atoms with Gasteiger partial charge in [0.25, 0.3) is 62.1 Å². The van der Waals surface area contributed by atoms with Crippen LogP contribution in [0, 0.1) is 5.92 Å². The summed E-state index contributed by atoms with van der Waals surface area (Å²) >= 11 is 0. The number of nitrogens with zero attached hydrogens (tertiary/aromatic N) is 5. The van der Waals surface area contributed by atoms with E-state index in [-0.39, 0.29) is 54.1 Å². The van der Waals surface area contributed by atoms with Crippen molar-refractivity contribution < 1.29 is 46.6 Å². The van der Waals surface area contributed by atoms with E-state index in [0.717, 1.165) is 40.9 Å². The van der Waals surface area contributed by atoms with Crippen molar-refractivity contribution in [1.29, 1.82) is 0 Å². The smallest absolute Gasteiger partial charge is 0.292 e. The van der Waals surface area contributed by atoms with E-state index in [1.807, 2.05) is 4.58 Å². The molecule has 10 heteroatoms. The third kappa shape index (κ3) is 19.1. The summed E-state index contributed by atoms with van der Waals surface area (Å²) in [5.74, 6) is 5.75. The number of fused-ring (bicyclic) bond motifs is 5. The highest BCUT2D eigenvalue weighted by molar-refractivity contribution is 5.67. The summed E-state index contributed by atoms with van der Waals surface area (Å²) in [5, 5.41) is 0. The first-order valence-electron chi connectivity index (χ1n) is 36.0. The number of rotatable bonds is 2. The van der Waals surface area contributed by atoms with Crippen LogP contribution >= 0.6 is 0 Å². The predicted octanol–water partition coefficient (Wildman–Crippen LogP) is 22.5. The number of hydrogen-bond donors (Lipinski definition) is 0. The molecule has 0 aliphatic carbocycles. The van der Waals surface area contributed by atoms with Crippen molar-refractivity contribution in [3.63, 3.8) is 0 Å². The van der Waals surface area contributed by atoms with Crippen LogP contribution in [-0.4, -0.2) is 88.1 Å². The Morgan fingerprint density at radius 1 is 0.320 bits per heavy atom. The third-order valence-electron chi connectivity index (χ3n) is 18.6. The molecule has 0 saturated heterocycles. The molecule has 532 valence electrons. The van der Waals surface area contributed by atoms with Gasteiger partial charge in [0.2, 0.25) is 28.7 Å². The highest BCUT2D eigenvalue weighted by atomic mass is 16.5. The fraction of sp³-hybridized carbons (Fsp3) is 0.598. The number of benzene rings is 5. The molecule has 0 N–H and O–H groups in total. The Balaban J connectivity index is 0.000000192. The second-order valence-electron chi connectivity index (χ2n) is 38.1. The van der Waals surface area contributed by atoms with E-state index in [4.69, 9.17) is 23.7 Å². The highest BCUT2D eigenvalue weighted by Gasteiger charge is 2.40. The van der Waals surface area contributed by atoms with Crippen molar-refractivity contribution in [3.05, 3.63) is 116 Å². The molecule has 0 atom stereocenters. The van der Waals surface area contributed by atoms with Crippen molar-refractivity contribution >= 4 is 60.0 Å². The molecule has 0 spiro atoms. The van der Waals surface area contributed by atoms with Crippen LogP contribution in [0.1, 0.15) is 304 Å². The SMILES string of the molecule is C/C=[N+]1/COc2c1cc(C(C)(C)C)cc2C(C)(C)C.C/C=[N+]1/COc2c1cc(C(C)(C)C)cc2C(C)(C)C.C=[N+]1COc2c1cc(C(C)(C)C)cc2C(C)(C)C.CC(C)/C=[N+]1/COc2c1cc(C(C)(C)C)cc2C(C)(C)C.CC/C=[N+]1/COc2c1cc(C(C)(C)C)cc2C(C)(C)C. The van der Waals surface area contributed by atoms with Crippen LogP contribution in [0.5, 0.6) is 28.7 Å². The van der Waals surface area contributed by atoms with Gasteiger partial charge < -0.3 is 23.7 Å². The molecule has 0 saturated carbocycles. The molecule has 0 bridgehead atoms. The van der Waals surface area contributed by atoms with Gasteiger partial charge >= 0.3 is 0 Å². The van der Waals surface area contributed by atoms with Crippen LogP contribution in [0.25, 0.3) is 0 Å². The quantitative estimate of drug-likeness (QED) is 0.165. The maximum absolute atomic E-state index is 6.03. The summed E-state index contributed by atoms with van der Waals surface area (Å²) < 4.78 is 40.4. The van der Waals surface area contributed by atoms with Crippen LogP contribution in [0.4, 0.5) is 28.4 Å². The topological polar surface area (TPSA) is 61.2 Å². The minimum absolute atomic E-state index is 0.0799. The van der Waals surface area contributed by atoms with Crippen LogP contribution in [0.3, 0.4) is 0 Å². The van der Waals surface area contributed by atoms with E-state index in [1.165, 1.54) is 78.4 Å². The molecule has 5 aliphatic heterocycles. The molecular formula is C87H134N5O5+5. The first kappa shape index (κ1) is 79.4. The third-order valence-corrected chi connectivity index (χ3v) is 18.6. The molecule has 10 nitrogen and oxygen atoms in total. The molecule has 0 aromatic heterocycles. The van der Waals surface area contributed by atoms with Gasteiger partial charge in [-0.25, -0.2) is 0 Å². The van der Waals surface area contributed by atoms with E-state index in [0.29, 0.717) is 39.6 Å². The van der Waals surface area contributed by atoms with Crippen molar-refractivity contribution in [2.75, 3.05) is 33.7 Å². The fourth-order valence-electron chi connectivity index (χ4n) is 12.2. The molecule has 5 heterocycles. The fourth-order valence-corrected chi connectivity index (χ4v) is 12.2. The lowest BCUT2D eigenvalue weighted by Gasteiger charge is -2.25. The lowest BCUT2D eigenvalue weighted by atomic mass is 9.79. The second-order valence-corrected chi connectivity index (χ2v) is 38.1. The van der Waals surface area contributed by atoms with Gasteiger partial charge in [0, 0.05) is 84.3 Å². The maximum atomic E-state index is 6.03. The Bertz CT molecular complexity index is 3730. The molecule has 0 fully saturated rings. The molecule has 97 heavy (non-hydrogen) atoms. The van der Waals surface area contributed by atoms with Gasteiger partial charge in [-0.3, -0.25) is 0 Å². The van der Waals surface area contributed by atoms with Crippen LogP contribution in [-0.2, 0) is 54.1 Å². The van der Waals surface area contributed by atoms with Gasteiger partial charge in [-0.15, -0.1) is 0 Å². The van der Waals surface area contributed by atoms with Crippen LogP contribution in [0.2, 0.25) is 0 Å². The summed E-state index contributed by atoms with van der Waals surface area (Å²) in [7, 11) is 0. The Morgan fingerprint density at radius 2 is 0.536 bits per heavy atom. The van der Waals surface area contributed by atoms with E-state index in [9.17, 15) is 0 Å². The molecule has 5 aromatic carbocycles. The molecular weight excluding hydrogens is 1190 g/mol. The second kappa shape index (κ2) is 28.6. The first-order valence-corrected chi connectivity index (χ1v) is 36.0. The summed E-state index contributed by atoms with van der Waals surface area (Å²) in [6.45, 7) is 85.4. The molecule has 5 aromatic rings. The average Bonchev–Trinajstić information content (AvgIpc) is 1.74. The average molecular weight is 1330 g/mol. The van der Waals surface area contributed by atoms with Gasteiger partial charge in [0.1, 0.15) is 25.4 Å². The van der Waals surface area contributed by atoms with Crippen LogP contribution in [0.15, 0.2) is 60.7 Å². The van der Waals surface area contributed by atoms with Gasteiger partial charge in [0.05, 0.1) is 0 Å². The summed E-state index contributed by atoms with van der Waals surface area (Å²) in [6.07, 6.45) is 9.66. The van der Waals surface area contributed by atoms with Crippen molar-refractivity contribution in [2.24, 2.45) is 5.92 Å². The molecule has 5 aliphatic rings. The zero-order chi connectivity index (χ0) is 73.7. The largest absolute Gasteiger partial charge is 0.429 e.